The van der Waals surface area contributed by atoms with Crippen LogP contribution in [0.3, 0.4) is 0 Å². The summed E-state index contributed by atoms with van der Waals surface area (Å²) in [6.45, 7) is 27.3. The molecule has 0 saturated carbocycles. The fraction of sp³-hybridized carbons (Fsp3) is 0.500. The molecule has 212 valence electrons. The van der Waals surface area contributed by atoms with Crippen molar-refractivity contribution in [2.45, 2.75) is 89.0 Å². The molecule has 0 bridgehead atoms. The van der Waals surface area contributed by atoms with E-state index in [0.717, 1.165) is 47.3 Å². The number of allylic oxidation sites excluding steroid dienone is 5. The van der Waals surface area contributed by atoms with Gasteiger partial charge in [-0.05, 0) is 67.5 Å². The van der Waals surface area contributed by atoms with E-state index in [1.54, 1.807) is 7.11 Å². The number of hydrogen-bond acceptors (Lipinski definition) is 4. The van der Waals surface area contributed by atoms with Crippen molar-refractivity contribution < 1.29 is 19.7 Å². The largest absolute Gasteiger partial charge is 0.507 e. The lowest BCUT2D eigenvalue weighted by Crippen LogP contribution is -2.06. The minimum Gasteiger partial charge on any atom is -0.507 e. The van der Waals surface area contributed by atoms with Crippen LogP contribution >= 0.6 is 0 Å². The second kappa shape index (κ2) is 29.3. The number of aryl methyl sites for hydroxylation is 1. The topological polar surface area (TPSA) is 79.1 Å². The predicted molar refractivity (Wildman–Crippen MR) is 165 cm³/mol. The molecule has 37 heavy (non-hydrogen) atoms. The number of nitrogens with zero attached hydrogens (tertiary/aromatic N) is 1. The van der Waals surface area contributed by atoms with Crippen molar-refractivity contribution >= 4 is 17.8 Å². The van der Waals surface area contributed by atoms with Crippen molar-refractivity contribution in [3.63, 3.8) is 0 Å². The zero-order chi connectivity index (χ0) is 29.8. The third-order valence-electron chi connectivity index (χ3n) is 4.34. The number of rotatable bonds is 10. The molecular weight excluding hydrogens is 462 g/mol. The smallest absolute Gasteiger partial charge is 0.341 e. The minimum atomic E-state index is -1.21. The fourth-order valence-corrected chi connectivity index (χ4v) is 2.50. The van der Waals surface area contributed by atoms with E-state index in [-0.39, 0.29) is 11.3 Å². The number of aliphatic hydroxyl groups is 1. The zero-order valence-corrected chi connectivity index (χ0v) is 25.7. The Morgan fingerprint density at radius 2 is 1.46 bits per heavy atom. The van der Waals surface area contributed by atoms with E-state index in [1.165, 1.54) is 12.3 Å². The zero-order valence-electron chi connectivity index (χ0n) is 25.7. The Morgan fingerprint density at radius 1 is 0.946 bits per heavy atom. The first-order valence-corrected chi connectivity index (χ1v) is 13.5. The van der Waals surface area contributed by atoms with Crippen LogP contribution in [0.1, 0.15) is 93.2 Å². The van der Waals surface area contributed by atoms with Gasteiger partial charge in [0.25, 0.3) is 0 Å². The standard InChI is InChI=1S/C22H27NO3.C4H10O.3C2H6/c1-6-11-23-14-20(22(25)26)21(24)13-17(4)16(3)12-18(5)19-10-8-7-9-15(19)2;1-3-4-5-2;3*1-2/h7-10,12-14,24H,5-6,11H2,1-4H3,(H,25,26);3-4H2,1-2H3;3*1-2H3/b16-12+,17-13+,21-20-,23-14?;;;;. The second-order valence-electron chi connectivity index (χ2n) is 7.13. The van der Waals surface area contributed by atoms with Crippen molar-refractivity contribution in [1.82, 2.24) is 0 Å². The lowest BCUT2D eigenvalue weighted by Gasteiger charge is -2.08. The van der Waals surface area contributed by atoms with Crippen LogP contribution in [0, 0.1) is 6.92 Å². The Morgan fingerprint density at radius 3 is 1.86 bits per heavy atom. The van der Waals surface area contributed by atoms with Gasteiger partial charge in [0.15, 0.2) is 0 Å². The van der Waals surface area contributed by atoms with Crippen LogP contribution in [0.15, 0.2) is 70.5 Å². The highest BCUT2D eigenvalue weighted by atomic mass is 16.5. The SMILES string of the molecule is C=C(/C=C(C)/C(C)=C/C(O)=C(\C=NCCC)C(=O)O)c1ccccc1C.CC.CC.CC.CCCOC. The van der Waals surface area contributed by atoms with Gasteiger partial charge in [0.1, 0.15) is 11.3 Å². The third kappa shape index (κ3) is 20.9. The van der Waals surface area contributed by atoms with Gasteiger partial charge < -0.3 is 14.9 Å². The van der Waals surface area contributed by atoms with Crippen molar-refractivity contribution in [2.75, 3.05) is 20.3 Å². The highest BCUT2D eigenvalue weighted by Crippen LogP contribution is 2.22. The number of carboxylic acids is 1. The summed E-state index contributed by atoms with van der Waals surface area (Å²) in [5.74, 6) is -1.53. The Balaban J connectivity index is -0.000000425. The van der Waals surface area contributed by atoms with Crippen molar-refractivity contribution in [3.8, 4) is 0 Å². The summed E-state index contributed by atoms with van der Waals surface area (Å²) in [6, 6.07) is 7.97. The summed E-state index contributed by atoms with van der Waals surface area (Å²) in [5.41, 5.74) is 4.46. The molecule has 0 unspecified atom stereocenters. The van der Waals surface area contributed by atoms with Crippen LogP contribution in [0.2, 0.25) is 0 Å². The van der Waals surface area contributed by atoms with Gasteiger partial charge in [0.2, 0.25) is 0 Å². The Labute approximate surface area is 228 Å². The molecule has 0 amide bonds. The van der Waals surface area contributed by atoms with Crippen LogP contribution < -0.4 is 0 Å². The van der Waals surface area contributed by atoms with Gasteiger partial charge in [0, 0.05) is 26.5 Å². The maximum Gasteiger partial charge on any atom is 0.341 e. The van der Waals surface area contributed by atoms with E-state index in [4.69, 9.17) is 4.74 Å². The number of aliphatic carboxylic acids is 1. The summed E-state index contributed by atoms with van der Waals surface area (Å²) >= 11 is 0. The second-order valence-corrected chi connectivity index (χ2v) is 7.13. The molecule has 2 N–H and O–H groups in total. The van der Waals surface area contributed by atoms with Crippen LogP contribution in [0.25, 0.3) is 5.57 Å². The third-order valence-corrected chi connectivity index (χ3v) is 4.34. The number of aliphatic imine (C=N–C) groups is 1. The first-order chi connectivity index (χ1) is 17.7. The molecular formula is C32H55NO4. The number of aliphatic hydroxyl groups excluding tert-OH is 1. The number of hydrogen-bond donors (Lipinski definition) is 2. The molecule has 1 aromatic carbocycles. The summed E-state index contributed by atoms with van der Waals surface area (Å²) in [4.78, 5) is 15.3. The summed E-state index contributed by atoms with van der Waals surface area (Å²) in [7, 11) is 1.71. The summed E-state index contributed by atoms with van der Waals surface area (Å²) in [6.07, 6.45) is 6.50. The van der Waals surface area contributed by atoms with Gasteiger partial charge in [-0.15, -0.1) is 0 Å². The first-order valence-electron chi connectivity index (χ1n) is 13.5. The van der Waals surface area contributed by atoms with Gasteiger partial charge in [-0.2, -0.15) is 0 Å². The van der Waals surface area contributed by atoms with Crippen LogP contribution in [0.5, 0.6) is 0 Å². The van der Waals surface area contributed by atoms with Crippen molar-refractivity contribution in [2.24, 2.45) is 4.99 Å². The van der Waals surface area contributed by atoms with E-state index in [1.807, 2.05) is 99.6 Å². The van der Waals surface area contributed by atoms with E-state index in [0.29, 0.717) is 6.54 Å². The van der Waals surface area contributed by atoms with Crippen LogP contribution in [-0.2, 0) is 9.53 Å². The molecule has 0 aliphatic rings. The maximum atomic E-state index is 11.3. The minimum absolute atomic E-state index is 0.219. The molecule has 0 spiro atoms. The Bertz CT molecular complexity index is 844. The van der Waals surface area contributed by atoms with E-state index in [9.17, 15) is 15.0 Å². The molecule has 0 aliphatic carbocycles. The lowest BCUT2D eigenvalue weighted by molar-refractivity contribution is -0.132. The van der Waals surface area contributed by atoms with Crippen molar-refractivity contribution in [1.29, 1.82) is 0 Å². The van der Waals surface area contributed by atoms with Crippen LogP contribution in [-0.4, -0.2) is 42.7 Å². The summed E-state index contributed by atoms with van der Waals surface area (Å²) < 4.78 is 4.69. The highest BCUT2D eigenvalue weighted by molar-refractivity contribution is 6.09. The van der Waals surface area contributed by atoms with Gasteiger partial charge in [-0.3, -0.25) is 4.99 Å². The van der Waals surface area contributed by atoms with E-state index in [2.05, 4.69) is 18.5 Å². The highest BCUT2D eigenvalue weighted by Gasteiger charge is 2.11. The Kier molecular flexibility index (Phi) is 32.7. The maximum absolute atomic E-state index is 11.3. The average Bonchev–Trinajstić information content (AvgIpc) is 2.90. The summed E-state index contributed by atoms with van der Waals surface area (Å²) in [5, 5.41) is 19.4. The molecule has 5 nitrogen and oxygen atoms in total. The molecule has 0 aliphatic heterocycles. The molecule has 1 rings (SSSR count). The molecule has 0 heterocycles. The molecule has 1 aromatic rings. The lowest BCUT2D eigenvalue weighted by atomic mass is 9.98. The number of carbonyl (C=O) groups is 1. The number of ether oxygens (including phenoxy) is 1. The quantitative estimate of drug-likeness (QED) is 0.140. The molecule has 5 heteroatoms. The number of benzene rings is 1. The molecule has 0 fully saturated rings. The van der Waals surface area contributed by atoms with Crippen LogP contribution in [0.4, 0.5) is 0 Å². The predicted octanol–water partition coefficient (Wildman–Crippen LogP) is 9.40. The average molecular weight is 518 g/mol. The van der Waals surface area contributed by atoms with Gasteiger partial charge >= 0.3 is 5.97 Å². The van der Waals surface area contributed by atoms with Gasteiger partial charge in [0.05, 0.1) is 0 Å². The Hall–Kier alpha value is -2.92. The normalized spacial score (nSPS) is 11.2. The van der Waals surface area contributed by atoms with Gasteiger partial charge in [-0.1, -0.05) is 92.3 Å². The molecule has 0 radical (unpaired) electrons. The van der Waals surface area contributed by atoms with E-state index >= 15 is 0 Å². The van der Waals surface area contributed by atoms with Gasteiger partial charge in [-0.25, -0.2) is 4.79 Å². The first kappa shape index (κ1) is 41.2. The fourth-order valence-electron chi connectivity index (χ4n) is 2.50. The monoisotopic (exact) mass is 517 g/mol. The number of methoxy groups -OCH3 is 1. The molecule has 0 aromatic heterocycles. The molecule has 0 atom stereocenters. The number of carboxylic acid groups (broad SMARTS) is 1. The van der Waals surface area contributed by atoms with E-state index < -0.39 is 5.97 Å². The molecule has 0 saturated heterocycles. The van der Waals surface area contributed by atoms with Crippen molar-refractivity contribution in [3.05, 3.63) is 76.6 Å².